The third-order valence-corrected chi connectivity index (χ3v) is 3.21. The van der Waals surface area contributed by atoms with Gasteiger partial charge in [-0.15, -0.1) is 0 Å². The van der Waals surface area contributed by atoms with E-state index >= 15 is 0 Å². The van der Waals surface area contributed by atoms with Gasteiger partial charge in [0.25, 0.3) is 0 Å². The summed E-state index contributed by atoms with van der Waals surface area (Å²) in [5.74, 6) is 0.682. The lowest BCUT2D eigenvalue weighted by atomic mass is 10.00. The third-order valence-electron chi connectivity index (χ3n) is 2.91. The van der Waals surface area contributed by atoms with Gasteiger partial charge in [0.1, 0.15) is 12.0 Å². The molecule has 84 valence electrons. The summed E-state index contributed by atoms with van der Waals surface area (Å²) >= 11 is 5.85. The molecule has 0 unspecified atom stereocenters. The van der Waals surface area contributed by atoms with Crippen LogP contribution in [0.5, 0.6) is 0 Å². The molecule has 0 aliphatic heterocycles. The second-order valence-electron chi connectivity index (χ2n) is 4.13. The Labute approximate surface area is 95.5 Å². The molecule has 4 nitrogen and oxygen atoms in total. The molecule has 0 saturated heterocycles. The van der Waals surface area contributed by atoms with E-state index < -0.39 is 0 Å². The molecular weight excluding hydrogens is 212 g/mol. The molecule has 0 radical (unpaired) electrons. The Bertz CT molecular complexity index is 351. The molecule has 2 N–H and O–H groups in total. The Hall–Kier alpha value is -1.03. The lowest BCUT2D eigenvalue weighted by Crippen LogP contribution is -2.41. The minimum Gasteiger partial charge on any atom is -0.393 e. The molecule has 0 aromatic carbocycles. The van der Waals surface area contributed by atoms with Gasteiger partial charge in [-0.1, -0.05) is 18.5 Å². The first kappa shape index (κ1) is 12.0. The van der Waals surface area contributed by atoms with Crippen LogP contribution in [-0.2, 0) is 0 Å². The molecular formula is C10H17ClN4. The summed E-state index contributed by atoms with van der Waals surface area (Å²) in [7, 11) is 1.96. The van der Waals surface area contributed by atoms with E-state index in [1.165, 1.54) is 6.33 Å². The summed E-state index contributed by atoms with van der Waals surface area (Å²) in [5.41, 5.74) is 6.26. The smallest absolute Gasteiger partial charge is 0.157 e. The summed E-state index contributed by atoms with van der Waals surface area (Å²) in [5, 5.41) is 0.304. The standard InChI is InChI=1S/C10H17ClN4/c1-5-10(2,3)15(4)9-7(12)8(11)13-6-14-9/h6H,5,12H2,1-4H3. The molecule has 0 amide bonds. The lowest BCUT2D eigenvalue weighted by molar-refractivity contribution is 0.467. The molecule has 1 heterocycles. The van der Waals surface area contributed by atoms with Crippen LogP contribution >= 0.6 is 11.6 Å². The zero-order chi connectivity index (χ0) is 11.6. The number of halogens is 1. The average molecular weight is 229 g/mol. The maximum atomic E-state index is 5.85. The highest BCUT2D eigenvalue weighted by Gasteiger charge is 2.24. The SMILES string of the molecule is CCC(C)(C)N(C)c1ncnc(Cl)c1N. The molecule has 1 rings (SSSR count). The van der Waals surface area contributed by atoms with E-state index in [1.807, 2.05) is 11.9 Å². The maximum absolute atomic E-state index is 5.85. The van der Waals surface area contributed by atoms with Gasteiger partial charge in [-0.2, -0.15) is 0 Å². The zero-order valence-electron chi connectivity index (χ0n) is 9.58. The van der Waals surface area contributed by atoms with Crippen LogP contribution in [0, 0.1) is 0 Å². The van der Waals surface area contributed by atoms with Crippen molar-refractivity contribution in [1.82, 2.24) is 9.97 Å². The van der Waals surface area contributed by atoms with Crippen LogP contribution in [0.2, 0.25) is 5.15 Å². The minimum absolute atomic E-state index is 0.00813. The highest BCUT2D eigenvalue weighted by atomic mass is 35.5. The Balaban J connectivity index is 3.12. The summed E-state index contributed by atoms with van der Waals surface area (Å²) in [4.78, 5) is 10.0. The molecule has 1 aromatic rings. The first-order chi connectivity index (χ1) is 6.90. The fraction of sp³-hybridized carbons (Fsp3) is 0.600. The van der Waals surface area contributed by atoms with Crippen LogP contribution in [0.4, 0.5) is 11.5 Å². The summed E-state index contributed by atoms with van der Waals surface area (Å²) in [6.07, 6.45) is 2.42. The van der Waals surface area contributed by atoms with Crippen molar-refractivity contribution < 1.29 is 0 Å². The second-order valence-corrected chi connectivity index (χ2v) is 4.48. The van der Waals surface area contributed by atoms with Crippen LogP contribution in [-0.4, -0.2) is 22.6 Å². The van der Waals surface area contributed by atoms with Crippen LogP contribution in [0.25, 0.3) is 0 Å². The third kappa shape index (κ3) is 2.31. The Morgan fingerprint density at radius 3 is 2.60 bits per heavy atom. The fourth-order valence-corrected chi connectivity index (χ4v) is 1.28. The zero-order valence-corrected chi connectivity index (χ0v) is 10.3. The van der Waals surface area contributed by atoms with Gasteiger partial charge in [0.2, 0.25) is 0 Å². The Morgan fingerprint density at radius 1 is 1.47 bits per heavy atom. The van der Waals surface area contributed by atoms with Crippen LogP contribution in [0.15, 0.2) is 6.33 Å². The summed E-state index contributed by atoms with van der Waals surface area (Å²) in [6, 6.07) is 0. The van der Waals surface area contributed by atoms with E-state index in [0.717, 1.165) is 6.42 Å². The number of anilines is 2. The van der Waals surface area contributed by atoms with Gasteiger partial charge >= 0.3 is 0 Å². The molecule has 0 spiro atoms. The number of aromatic nitrogens is 2. The highest BCUT2D eigenvalue weighted by molar-refractivity contribution is 6.32. The predicted octanol–water partition coefficient (Wildman–Crippen LogP) is 2.34. The van der Waals surface area contributed by atoms with Crippen molar-refractivity contribution in [2.24, 2.45) is 0 Å². The predicted molar refractivity (Wildman–Crippen MR) is 64.2 cm³/mol. The van der Waals surface area contributed by atoms with Gasteiger partial charge in [-0.25, -0.2) is 9.97 Å². The van der Waals surface area contributed by atoms with E-state index in [-0.39, 0.29) is 5.54 Å². The van der Waals surface area contributed by atoms with Gasteiger partial charge in [0.05, 0.1) is 0 Å². The molecule has 0 saturated carbocycles. The normalized spacial score (nSPS) is 11.5. The monoisotopic (exact) mass is 228 g/mol. The number of nitrogens with two attached hydrogens (primary N) is 1. The van der Waals surface area contributed by atoms with Crippen molar-refractivity contribution in [2.45, 2.75) is 32.7 Å². The van der Waals surface area contributed by atoms with Crippen LogP contribution in [0.3, 0.4) is 0 Å². The largest absolute Gasteiger partial charge is 0.393 e. The molecule has 0 fully saturated rings. The first-order valence-electron chi connectivity index (χ1n) is 4.90. The number of rotatable bonds is 3. The molecule has 15 heavy (non-hydrogen) atoms. The molecule has 0 bridgehead atoms. The number of nitrogens with zero attached hydrogens (tertiary/aromatic N) is 3. The van der Waals surface area contributed by atoms with Crippen molar-refractivity contribution in [3.63, 3.8) is 0 Å². The Morgan fingerprint density at radius 2 is 2.07 bits per heavy atom. The number of hydrogen-bond donors (Lipinski definition) is 1. The first-order valence-corrected chi connectivity index (χ1v) is 5.27. The van der Waals surface area contributed by atoms with E-state index in [0.29, 0.717) is 16.7 Å². The topological polar surface area (TPSA) is 55.0 Å². The average Bonchev–Trinajstić information content (AvgIpc) is 2.21. The van der Waals surface area contributed by atoms with Crippen molar-refractivity contribution in [2.75, 3.05) is 17.7 Å². The molecule has 5 heteroatoms. The van der Waals surface area contributed by atoms with Gasteiger partial charge in [0.15, 0.2) is 11.0 Å². The van der Waals surface area contributed by atoms with E-state index in [1.54, 1.807) is 0 Å². The van der Waals surface area contributed by atoms with Crippen LogP contribution in [0.1, 0.15) is 27.2 Å². The molecule has 0 aliphatic rings. The molecule has 0 atom stereocenters. The minimum atomic E-state index is -0.00813. The fourth-order valence-electron chi connectivity index (χ4n) is 1.16. The number of nitrogen functional groups attached to an aromatic ring is 1. The van der Waals surface area contributed by atoms with Crippen molar-refractivity contribution in [3.05, 3.63) is 11.5 Å². The van der Waals surface area contributed by atoms with Crippen LogP contribution < -0.4 is 10.6 Å². The number of hydrogen-bond acceptors (Lipinski definition) is 4. The van der Waals surface area contributed by atoms with Gasteiger partial charge in [-0.05, 0) is 20.3 Å². The van der Waals surface area contributed by atoms with Crippen molar-refractivity contribution >= 4 is 23.1 Å². The second kappa shape index (κ2) is 4.23. The van der Waals surface area contributed by atoms with Crippen molar-refractivity contribution in [1.29, 1.82) is 0 Å². The molecule has 1 aromatic heterocycles. The van der Waals surface area contributed by atoms with Gasteiger partial charge in [0, 0.05) is 12.6 Å². The molecule has 0 aliphatic carbocycles. The summed E-state index contributed by atoms with van der Waals surface area (Å²) in [6.45, 7) is 6.38. The quantitative estimate of drug-likeness (QED) is 0.807. The van der Waals surface area contributed by atoms with E-state index in [4.69, 9.17) is 17.3 Å². The van der Waals surface area contributed by atoms with Crippen molar-refractivity contribution in [3.8, 4) is 0 Å². The van der Waals surface area contributed by atoms with Gasteiger partial charge < -0.3 is 10.6 Å². The van der Waals surface area contributed by atoms with Gasteiger partial charge in [-0.3, -0.25) is 0 Å². The lowest BCUT2D eigenvalue weighted by Gasteiger charge is -2.36. The maximum Gasteiger partial charge on any atom is 0.157 e. The summed E-state index contributed by atoms with van der Waals surface area (Å²) < 4.78 is 0. The van der Waals surface area contributed by atoms with E-state index in [9.17, 15) is 0 Å². The highest BCUT2D eigenvalue weighted by Crippen LogP contribution is 2.30. The van der Waals surface area contributed by atoms with E-state index in [2.05, 4.69) is 30.7 Å². The Kier molecular flexibility index (Phi) is 3.39.